The predicted octanol–water partition coefficient (Wildman–Crippen LogP) is 1.82. The van der Waals surface area contributed by atoms with Gasteiger partial charge in [0.2, 0.25) is 5.88 Å². The molecule has 0 saturated heterocycles. The van der Waals surface area contributed by atoms with Gasteiger partial charge in [0.1, 0.15) is 0 Å². The van der Waals surface area contributed by atoms with E-state index in [1.54, 1.807) is 18.3 Å². The molecule has 2 heteroatoms. The molecule has 1 heterocycles. The van der Waals surface area contributed by atoms with Crippen LogP contribution in [-0.2, 0) is 0 Å². The summed E-state index contributed by atoms with van der Waals surface area (Å²) in [6.07, 6.45) is 1.54. The predicted molar refractivity (Wildman–Crippen MR) is 40.6 cm³/mol. The van der Waals surface area contributed by atoms with Gasteiger partial charge in [0.25, 0.3) is 0 Å². The van der Waals surface area contributed by atoms with Gasteiger partial charge in [-0.25, -0.2) is 4.98 Å². The second-order valence-corrected chi connectivity index (χ2v) is 2.15. The fraction of sp³-hybridized carbons (Fsp3) is 0.125. The quantitative estimate of drug-likeness (QED) is 0.637. The lowest BCUT2D eigenvalue weighted by atomic mass is 10.1. The van der Waals surface area contributed by atoms with Crippen LogP contribution in [0.2, 0.25) is 0 Å². The molecule has 0 bridgehead atoms. The Labute approximate surface area is 59.9 Å². The number of allylic oxidation sites excluding steroid dienone is 1. The van der Waals surface area contributed by atoms with Gasteiger partial charge in [0, 0.05) is 11.8 Å². The zero-order valence-corrected chi connectivity index (χ0v) is 5.83. The van der Waals surface area contributed by atoms with Crippen LogP contribution in [0.3, 0.4) is 0 Å². The molecule has 0 atom stereocenters. The third-order valence-electron chi connectivity index (χ3n) is 1.25. The van der Waals surface area contributed by atoms with Crippen LogP contribution in [0, 0.1) is 0 Å². The fourth-order valence-corrected chi connectivity index (χ4v) is 0.730. The molecule has 1 N–H and O–H groups in total. The monoisotopic (exact) mass is 135 g/mol. The Kier molecular flexibility index (Phi) is 1.71. The van der Waals surface area contributed by atoms with Crippen molar-refractivity contribution in [2.75, 3.05) is 0 Å². The Morgan fingerprint density at radius 2 is 2.40 bits per heavy atom. The first-order chi connectivity index (χ1) is 4.72. The van der Waals surface area contributed by atoms with Crippen molar-refractivity contribution in [3.63, 3.8) is 0 Å². The van der Waals surface area contributed by atoms with E-state index >= 15 is 0 Å². The Morgan fingerprint density at radius 3 is 2.80 bits per heavy atom. The van der Waals surface area contributed by atoms with E-state index < -0.39 is 0 Å². The van der Waals surface area contributed by atoms with Crippen LogP contribution >= 0.6 is 0 Å². The number of aromatic nitrogens is 1. The molecule has 0 radical (unpaired) electrons. The number of pyridine rings is 1. The van der Waals surface area contributed by atoms with Gasteiger partial charge in [-0.2, -0.15) is 0 Å². The number of rotatable bonds is 1. The molecule has 0 unspecified atom stereocenters. The maximum absolute atomic E-state index is 9.11. The lowest BCUT2D eigenvalue weighted by Gasteiger charge is -1.99. The summed E-state index contributed by atoms with van der Waals surface area (Å²) >= 11 is 0. The molecule has 2 nitrogen and oxygen atoms in total. The molecule has 0 aliphatic rings. The van der Waals surface area contributed by atoms with E-state index in [2.05, 4.69) is 11.6 Å². The van der Waals surface area contributed by atoms with E-state index in [0.29, 0.717) is 5.56 Å². The molecule has 0 fully saturated rings. The molecule has 0 aliphatic heterocycles. The molecule has 1 rings (SSSR count). The first-order valence-corrected chi connectivity index (χ1v) is 3.01. The average Bonchev–Trinajstić information content (AvgIpc) is 1.88. The van der Waals surface area contributed by atoms with Crippen molar-refractivity contribution in [2.24, 2.45) is 0 Å². The molecule has 52 valence electrons. The van der Waals surface area contributed by atoms with Gasteiger partial charge in [0.05, 0.1) is 0 Å². The van der Waals surface area contributed by atoms with Crippen LogP contribution < -0.4 is 0 Å². The van der Waals surface area contributed by atoms with Crippen LogP contribution in [0.25, 0.3) is 5.57 Å². The van der Waals surface area contributed by atoms with Crippen LogP contribution in [0.5, 0.6) is 5.88 Å². The Hall–Kier alpha value is -1.31. The molecule has 0 saturated carbocycles. The maximum atomic E-state index is 9.11. The van der Waals surface area contributed by atoms with Crippen molar-refractivity contribution in [1.82, 2.24) is 4.98 Å². The molecular formula is C8H9NO. The van der Waals surface area contributed by atoms with E-state index in [-0.39, 0.29) is 5.88 Å². The van der Waals surface area contributed by atoms with Crippen LogP contribution in [0.15, 0.2) is 24.9 Å². The third-order valence-corrected chi connectivity index (χ3v) is 1.25. The molecule has 0 spiro atoms. The zero-order chi connectivity index (χ0) is 7.56. The normalized spacial score (nSPS) is 9.30. The molecule has 0 aliphatic carbocycles. The topological polar surface area (TPSA) is 33.1 Å². The van der Waals surface area contributed by atoms with E-state index in [0.717, 1.165) is 5.57 Å². The smallest absolute Gasteiger partial charge is 0.218 e. The number of nitrogens with zero attached hydrogens (tertiary/aromatic N) is 1. The highest BCUT2D eigenvalue weighted by molar-refractivity contribution is 5.64. The first-order valence-electron chi connectivity index (χ1n) is 3.01. The largest absolute Gasteiger partial charge is 0.493 e. The molecule has 1 aromatic rings. The summed E-state index contributed by atoms with van der Waals surface area (Å²) in [6, 6.07) is 3.55. The van der Waals surface area contributed by atoms with Gasteiger partial charge >= 0.3 is 0 Å². The Bertz CT molecular complexity index is 255. The Morgan fingerprint density at radius 1 is 1.70 bits per heavy atom. The minimum absolute atomic E-state index is 0.0509. The molecule has 0 amide bonds. The van der Waals surface area contributed by atoms with E-state index in [4.69, 9.17) is 5.11 Å². The van der Waals surface area contributed by atoms with Gasteiger partial charge in [-0.1, -0.05) is 6.58 Å². The van der Waals surface area contributed by atoms with Crippen molar-refractivity contribution >= 4 is 5.57 Å². The first kappa shape index (κ1) is 6.81. The van der Waals surface area contributed by atoms with Crippen LogP contribution in [0.4, 0.5) is 0 Å². The summed E-state index contributed by atoms with van der Waals surface area (Å²) in [4.78, 5) is 3.70. The molecular weight excluding hydrogens is 126 g/mol. The standard InChI is InChI=1S/C8H9NO/c1-6(2)7-4-3-5-9-8(7)10/h3-5H,1H2,2H3,(H,9,10). The van der Waals surface area contributed by atoms with Gasteiger partial charge in [-0.05, 0) is 24.6 Å². The number of hydrogen-bond acceptors (Lipinski definition) is 2. The van der Waals surface area contributed by atoms with Gasteiger partial charge in [-0.3, -0.25) is 0 Å². The second kappa shape index (κ2) is 2.52. The van der Waals surface area contributed by atoms with Crippen molar-refractivity contribution < 1.29 is 5.11 Å². The van der Waals surface area contributed by atoms with E-state index in [9.17, 15) is 0 Å². The SMILES string of the molecule is C=C(C)c1cccnc1O. The highest BCUT2D eigenvalue weighted by Gasteiger charge is 1.98. The van der Waals surface area contributed by atoms with E-state index in [1.165, 1.54) is 0 Å². The summed E-state index contributed by atoms with van der Waals surface area (Å²) in [5, 5.41) is 9.11. The molecule has 10 heavy (non-hydrogen) atoms. The lowest BCUT2D eigenvalue weighted by molar-refractivity contribution is 0.451. The number of aromatic hydroxyl groups is 1. The zero-order valence-electron chi connectivity index (χ0n) is 5.83. The van der Waals surface area contributed by atoms with E-state index in [1.807, 2.05) is 6.92 Å². The van der Waals surface area contributed by atoms with Gasteiger partial charge in [-0.15, -0.1) is 0 Å². The third kappa shape index (κ3) is 1.16. The maximum Gasteiger partial charge on any atom is 0.218 e. The summed E-state index contributed by atoms with van der Waals surface area (Å²) in [5.41, 5.74) is 1.54. The summed E-state index contributed by atoms with van der Waals surface area (Å²) in [6.45, 7) is 5.52. The highest BCUT2D eigenvalue weighted by atomic mass is 16.3. The van der Waals surface area contributed by atoms with Crippen molar-refractivity contribution in [3.8, 4) is 5.88 Å². The van der Waals surface area contributed by atoms with Crippen molar-refractivity contribution in [1.29, 1.82) is 0 Å². The average molecular weight is 135 g/mol. The fourth-order valence-electron chi connectivity index (χ4n) is 0.730. The van der Waals surface area contributed by atoms with Gasteiger partial charge in [0.15, 0.2) is 0 Å². The summed E-state index contributed by atoms with van der Waals surface area (Å²) < 4.78 is 0. The van der Waals surface area contributed by atoms with Crippen molar-refractivity contribution in [3.05, 3.63) is 30.5 Å². The van der Waals surface area contributed by atoms with Crippen LogP contribution in [0.1, 0.15) is 12.5 Å². The molecule has 1 aromatic heterocycles. The highest BCUT2D eigenvalue weighted by Crippen LogP contribution is 2.19. The Balaban J connectivity index is 3.15. The minimum atomic E-state index is 0.0509. The summed E-state index contributed by atoms with van der Waals surface area (Å²) in [5.74, 6) is 0.0509. The second-order valence-electron chi connectivity index (χ2n) is 2.15. The van der Waals surface area contributed by atoms with Crippen molar-refractivity contribution in [2.45, 2.75) is 6.92 Å². The van der Waals surface area contributed by atoms with Crippen LogP contribution in [-0.4, -0.2) is 10.1 Å². The molecule has 0 aromatic carbocycles. The minimum Gasteiger partial charge on any atom is -0.493 e. The van der Waals surface area contributed by atoms with Gasteiger partial charge < -0.3 is 5.11 Å². The number of hydrogen-bond donors (Lipinski definition) is 1. The lowest BCUT2D eigenvalue weighted by Crippen LogP contribution is -1.81. The summed E-state index contributed by atoms with van der Waals surface area (Å²) in [7, 11) is 0.